The smallest absolute Gasteiger partial charge is 0.265 e. The van der Waals surface area contributed by atoms with E-state index in [0.717, 1.165) is 4.31 Å². The van der Waals surface area contributed by atoms with Gasteiger partial charge in [-0.3, -0.25) is 9.36 Å². The van der Waals surface area contributed by atoms with Crippen molar-refractivity contribution in [3.05, 3.63) is 106 Å². The van der Waals surface area contributed by atoms with Gasteiger partial charge in [-0.25, -0.2) is 12.7 Å². The Bertz CT molecular complexity index is 1840. The first kappa shape index (κ1) is 27.3. The van der Waals surface area contributed by atoms with Gasteiger partial charge in [0.15, 0.2) is 5.82 Å². The van der Waals surface area contributed by atoms with Gasteiger partial charge in [-0.15, -0.1) is 0 Å². The fourth-order valence-corrected chi connectivity index (χ4v) is 5.97. The highest BCUT2D eigenvalue weighted by molar-refractivity contribution is 7.92. The minimum atomic E-state index is -4.13. The summed E-state index contributed by atoms with van der Waals surface area (Å²) >= 11 is 6.33. The highest BCUT2D eigenvalue weighted by atomic mass is 35.5. The van der Waals surface area contributed by atoms with Crippen molar-refractivity contribution in [2.75, 3.05) is 18.5 Å². The molecule has 10 nitrogen and oxygen atoms in total. The van der Waals surface area contributed by atoms with Crippen molar-refractivity contribution in [1.82, 2.24) is 9.72 Å². The first-order valence-electron chi connectivity index (χ1n) is 12.0. The second-order valence-electron chi connectivity index (χ2n) is 8.72. The number of sulfonamides is 1. The highest BCUT2D eigenvalue weighted by Crippen LogP contribution is 2.33. The summed E-state index contributed by atoms with van der Waals surface area (Å²) < 4.78 is 46.0. The number of nitrogens with zero attached hydrogens (tertiary/aromatic N) is 3. The van der Waals surface area contributed by atoms with Gasteiger partial charge in [0.25, 0.3) is 15.6 Å². The third-order valence-electron chi connectivity index (χ3n) is 6.38. The fraction of sp³-hybridized carbons (Fsp3) is 0.143. The van der Waals surface area contributed by atoms with Gasteiger partial charge >= 0.3 is 0 Å². The quantitative estimate of drug-likeness (QED) is 0.269. The lowest BCUT2D eigenvalue weighted by Gasteiger charge is -2.22. The van der Waals surface area contributed by atoms with Gasteiger partial charge in [-0.1, -0.05) is 28.9 Å². The number of anilines is 1. The molecule has 0 atom stereocenters. The lowest BCUT2D eigenvalue weighted by atomic mass is 10.1. The van der Waals surface area contributed by atoms with E-state index in [-0.39, 0.29) is 34.4 Å². The van der Waals surface area contributed by atoms with Crippen LogP contribution in [-0.4, -0.2) is 37.5 Å². The molecule has 0 saturated carbocycles. The van der Waals surface area contributed by atoms with Crippen molar-refractivity contribution in [3.63, 3.8) is 0 Å². The van der Waals surface area contributed by atoms with E-state index in [0.29, 0.717) is 39.2 Å². The first-order chi connectivity index (χ1) is 19.3. The Morgan fingerprint density at radius 2 is 1.77 bits per heavy atom. The van der Waals surface area contributed by atoms with E-state index in [4.69, 9.17) is 25.6 Å². The van der Waals surface area contributed by atoms with E-state index in [1.54, 1.807) is 49.6 Å². The summed E-state index contributed by atoms with van der Waals surface area (Å²) in [6.07, 6.45) is 1.30. The van der Waals surface area contributed by atoms with Gasteiger partial charge in [-0.05, 0) is 59.7 Å². The van der Waals surface area contributed by atoms with Crippen molar-refractivity contribution in [2.45, 2.75) is 18.0 Å². The van der Waals surface area contributed by atoms with Crippen LogP contribution in [-0.2, 0) is 23.2 Å². The van der Waals surface area contributed by atoms with Crippen molar-refractivity contribution in [1.29, 1.82) is 0 Å². The zero-order valence-corrected chi connectivity index (χ0v) is 23.0. The molecule has 0 aliphatic heterocycles. The van der Waals surface area contributed by atoms with Crippen molar-refractivity contribution in [3.8, 4) is 17.2 Å². The number of methoxy groups -OCH3 is 2. The van der Waals surface area contributed by atoms with E-state index >= 15 is 0 Å². The van der Waals surface area contributed by atoms with Crippen molar-refractivity contribution >= 4 is 38.3 Å². The minimum absolute atomic E-state index is 0.0106. The molecule has 12 heteroatoms. The molecule has 0 saturated heterocycles. The van der Waals surface area contributed by atoms with Crippen molar-refractivity contribution in [2.24, 2.45) is 0 Å². The van der Waals surface area contributed by atoms with E-state index in [1.165, 1.54) is 48.3 Å². The molecule has 5 rings (SSSR count). The van der Waals surface area contributed by atoms with Crippen LogP contribution in [0, 0.1) is 0 Å². The summed E-state index contributed by atoms with van der Waals surface area (Å²) in [6.45, 7) is -0.316. The Kier molecular flexibility index (Phi) is 7.53. The number of fused-ring (bicyclic) bond motifs is 1. The Labute approximate surface area is 234 Å². The average molecular weight is 582 g/mol. The number of aromatic nitrogens is 2. The fourth-order valence-electron chi connectivity index (χ4n) is 4.33. The molecule has 5 aromatic rings. The lowest BCUT2D eigenvalue weighted by molar-refractivity contribution is 0.281. The van der Waals surface area contributed by atoms with Crippen molar-refractivity contribution < 1.29 is 27.5 Å². The molecule has 3 aromatic carbocycles. The van der Waals surface area contributed by atoms with E-state index in [1.807, 2.05) is 0 Å². The second kappa shape index (κ2) is 11.0. The SMILES string of the molecule is COc1ccc(CN(c2ccon2)S(=O)(=O)c2ccc3c(ccc(=O)n3-c3cc(Cl)c(CO)cc3OC)c2)cc1. The second-order valence-corrected chi connectivity index (χ2v) is 11.0. The number of halogens is 1. The molecular formula is C28H24ClN3O7S. The Balaban J connectivity index is 1.62. The Morgan fingerprint density at radius 3 is 2.42 bits per heavy atom. The largest absolute Gasteiger partial charge is 0.497 e. The third-order valence-corrected chi connectivity index (χ3v) is 8.48. The molecule has 0 amide bonds. The number of hydrogen-bond acceptors (Lipinski definition) is 8. The van der Waals surface area contributed by atoms with Gasteiger partial charge in [0.2, 0.25) is 0 Å². The molecule has 0 unspecified atom stereocenters. The minimum Gasteiger partial charge on any atom is -0.497 e. The molecule has 40 heavy (non-hydrogen) atoms. The zero-order chi connectivity index (χ0) is 28.4. The molecule has 0 aliphatic carbocycles. The Hall–Kier alpha value is -4.32. The topological polar surface area (TPSA) is 124 Å². The number of aliphatic hydroxyl groups excluding tert-OH is 1. The maximum absolute atomic E-state index is 13.9. The number of hydrogen-bond donors (Lipinski definition) is 1. The lowest BCUT2D eigenvalue weighted by Crippen LogP contribution is -2.31. The summed E-state index contributed by atoms with van der Waals surface area (Å²) in [5.41, 5.74) is 1.55. The molecule has 206 valence electrons. The monoisotopic (exact) mass is 581 g/mol. The van der Waals surface area contributed by atoms with Crippen LogP contribution in [0.2, 0.25) is 5.02 Å². The van der Waals surface area contributed by atoms with E-state index in [9.17, 15) is 18.3 Å². The van der Waals surface area contributed by atoms with Gasteiger partial charge in [0.05, 0.1) is 43.5 Å². The van der Waals surface area contributed by atoms with Crippen LogP contribution in [0.4, 0.5) is 5.82 Å². The van der Waals surface area contributed by atoms with Crippen LogP contribution < -0.4 is 19.3 Å². The van der Waals surface area contributed by atoms with Crippen LogP contribution in [0.25, 0.3) is 16.6 Å². The molecular weight excluding hydrogens is 558 g/mol. The Morgan fingerprint density at radius 1 is 1.00 bits per heavy atom. The van der Waals surface area contributed by atoms with Crippen LogP contribution in [0.1, 0.15) is 11.1 Å². The van der Waals surface area contributed by atoms with Crippen LogP contribution >= 0.6 is 11.6 Å². The summed E-state index contributed by atoms with van der Waals surface area (Å²) in [6, 6.07) is 18.9. The van der Waals surface area contributed by atoms with Gasteiger partial charge in [-0.2, -0.15) is 0 Å². The summed E-state index contributed by atoms with van der Waals surface area (Å²) in [5.74, 6) is 1.07. The number of benzene rings is 3. The first-order valence-corrected chi connectivity index (χ1v) is 13.8. The molecule has 0 radical (unpaired) electrons. The zero-order valence-electron chi connectivity index (χ0n) is 21.4. The molecule has 0 spiro atoms. The molecule has 0 fully saturated rings. The summed E-state index contributed by atoms with van der Waals surface area (Å²) in [5, 5.41) is 14.2. The van der Waals surface area contributed by atoms with E-state index < -0.39 is 10.0 Å². The molecule has 2 aromatic heterocycles. The number of ether oxygens (including phenoxy) is 2. The normalized spacial score (nSPS) is 11.5. The van der Waals surface area contributed by atoms with Gasteiger partial charge in [0.1, 0.15) is 17.8 Å². The number of rotatable bonds is 9. The van der Waals surface area contributed by atoms with Gasteiger partial charge in [0, 0.05) is 22.5 Å². The third kappa shape index (κ3) is 5.02. The standard InChI is InChI=1S/C28H24ClN3O7S/c1-37-21-6-3-18(4-7-21)16-31(27-11-12-39-30-27)40(35,36)22-8-9-24-19(13-22)5-10-28(34)32(24)25-15-23(29)20(17-33)14-26(25)38-2/h3-15,33H,16-17H2,1-2H3. The molecule has 1 N–H and O–H groups in total. The van der Waals surface area contributed by atoms with Crippen LogP contribution in [0.3, 0.4) is 0 Å². The number of pyridine rings is 1. The van der Waals surface area contributed by atoms with Crippen LogP contribution in [0.5, 0.6) is 11.5 Å². The average Bonchev–Trinajstić information content (AvgIpc) is 3.50. The summed E-state index contributed by atoms with van der Waals surface area (Å²) in [4.78, 5) is 13.0. The predicted octanol–water partition coefficient (Wildman–Crippen LogP) is 4.54. The summed E-state index contributed by atoms with van der Waals surface area (Å²) in [7, 11) is -1.14. The highest BCUT2D eigenvalue weighted by Gasteiger charge is 2.28. The van der Waals surface area contributed by atoms with E-state index in [2.05, 4.69) is 5.16 Å². The van der Waals surface area contributed by atoms with Gasteiger partial charge < -0.3 is 19.1 Å². The predicted molar refractivity (Wildman–Crippen MR) is 150 cm³/mol. The maximum Gasteiger partial charge on any atom is 0.265 e. The number of aliphatic hydroxyl groups is 1. The van der Waals surface area contributed by atoms with Crippen LogP contribution in [0.15, 0.2) is 93.3 Å². The molecule has 0 aliphatic rings. The maximum atomic E-state index is 13.9. The molecule has 0 bridgehead atoms. The molecule has 2 heterocycles.